The Bertz CT molecular complexity index is 839. The minimum Gasteiger partial charge on any atom is -0.366 e. The van der Waals surface area contributed by atoms with E-state index in [1.807, 2.05) is 0 Å². The van der Waals surface area contributed by atoms with Crippen molar-refractivity contribution in [3.63, 3.8) is 0 Å². The lowest BCUT2D eigenvalue weighted by Gasteiger charge is -2.39. The number of anilines is 2. The van der Waals surface area contributed by atoms with Crippen molar-refractivity contribution < 1.29 is 4.79 Å². The summed E-state index contributed by atoms with van der Waals surface area (Å²) in [5.41, 5.74) is 5.73. The Kier molecular flexibility index (Phi) is 4.64. The lowest BCUT2D eigenvalue weighted by atomic mass is 10.0. The molecule has 0 bridgehead atoms. The van der Waals surface area contributed by atoms with Crippen LogP contribution in [0, 0.1) is 6.92 Å². The smallest absolute Gasteiger partial charge is 0.224 e. The highest BCUT2D eigenvalue weighted by atomic mass is 32.1. The zero-order valence-corrected chi connectivity index (χ0v) is 15.8. The molecule has 4 rings (SSSR count). The molecule has 4 nitrogen and oxygen atoms in total. The van der Waals surface area contributed by atoms with E-state index in [9.17, 15) is 4.79 Å². The van der Waals surface area contributed by atoms with Gasteiger partial charge < -0.3 is 15.1 Å². The number of nitrogens with one attached hydrogen (secondary N) is 1. The van der Waals surface area contributed by atoms with Gasteiger partial charge in [0.25, 0.3) is 0 Å². The Morgan fingerprint density at radius 2 is 1.73 bits per heavy atom. The zero-order valence-electron chi connectivity index (χ0n) is 15.0. The van der Waals surface area contributed by atoms with Gasteiger partial charge in [0.1, 0.15) is 4.99 Å². The van der Waals surface area contributed by atoms with E-state index in [2.05, 4.69) is 64.5 Å². The number of aryl methyl sites for hydroxylation is 2. The van der Waals surface area contributed by atoms with Gasteiger partial charge in [0.2, 0.25) is 5.91 Å². The number of thiocarbonyl (C=S) groups is 1. The van der Waals surface area contributed by atoms with Gasteiger partial charge in [-0.1, -0.05) is 54.2 Å². The highest BCUT2D eigenvalue weighted by Crippen LogP contribution is 2.33. The first-order valence-electron chi connectivity index (χ1n) is 9.14. The number of rotatable bonds is 2. The monoisotopic (exact) mass is 365 g/mol. The predicted octanol–water partition coefficient (Wildman–Crippen LogP) is 3.38. The Hall–Kier alpha value is -2.40. The van der Waals surface area contributed by atoms with Crippen LogP contribution in [0.25, 0.3) is 0 Å². The Morgan fingerprint density at radius 1 is 1.00 bits per heavy atom. The zero-order chi connectivity index (χ0) is 18.1. The van der Waals surface area contributed by atoms with Gasteiger partial charge in [-0.3, -0.25) is 4.79 Å². The van der Waals surface area contributed by atoms with Crippen molar-refractivity contribution in [2.24, 2.45) is 0 Å². The van der Waals surface area contributed by atoms with Crippen molar-refractivity contribution in [3.05, 3.63) is 59.2 Å². The number of hydrogen-bond donors (Lipinski definition) is 1. The summed E-state index contributed by atoms with van der Waals surface area (Å²) in [5, 5.41) is 3.07. The van der Waals surface area contributed by atoms with Crippen LogP contribution in [0.5, 0.6) is 0 Å². The molecule has 2 aliphatic rings. The molecule has 2 heterocycles. The van der Waals surface area contributed by atoms with Gasteiger partial charge in [-0.25, -0.2) is 0 Å². The second kappa shape index (κ2) is 7.08. The standard InChI is InChI=1S/C21H23N3OS/c1-15-5-7-17(8-6-15)21(26)24-13-11-23(12-14-24)18-4-2-3-16-9-10-19(25)22-20(16)18/h2-8H,9-14H2,1H3,(H,22,25). The van der Waals surface area contributed by atoms with Crippen molar-refractivity contribution in [1.82, 2.24) is 4.90 Å². The number of carbonyl (C=O) groups is 1. The predicted molar refractivity (Wildman–Crippen MR) is 110 cm³/mol. The normalized spacial score (nSPS) is 16.9. The molecule has 2 aliphatic heterocycles. The molecule has 0 aliphatic carbocycles. The summed E-state index contributed by atoms with van der Waals surface area (Å²) in [6.07, 6.45) is 1.40. The van der Waals surface area contributed by atoms with Gasteiger partial charge >= 0.3 is 0 Å². The van der Waals surface area contributed by atoms with E-state index in [4.69, 9.17) is 12.2 Å². The molecule has 2 aromatic rings. The van der Waals surface area contributed by atoms with E-state index >= 15 is 0 Å². The number of amides is 1. The van der Waals surface area contributed by atoms with Crippen LogP contribution in [-0.4, -0.2) is 42.0 Å². The number of carbonyl (C=O) groups excluding carboxylic acids is 1. The fourth-order valence-electron chi connectivity index (χ4n) is 3.68. The molecule has 26 heavy (non-hydrogen) atoms. The summed E-state index contributed by atoms with van der Waals surface area (Å²) >= 11 is 5.70. The van der Waals surface area contributed by atoms with Crippen molar-refractivity contribution in [3.8, 4) is 0 Å². The van der Waals surface area contributed by atoms with E-state index < -0.39 is 0 Å². The number of piperazine rings is 1. The van der Waals surface area contributed by atoms with Crippen LogP contribution >= 0.6 is 12.2 Å². The van der Waals surface area contributed by atoms with E-state index in [1.54, 1.807) is 0 Å². The molecule has 1 fully saturated rings. The van der Waals surface area contributed by atoms with Gasteiger partial charge in [-0.2, -0.15) is 0 Å². The van der Waals surface area contributed by atoms with E-state index in [0.717, 1.165) is 54.5 Å². The molecule has 134 valence electrons. The number of para-hydroxylation sites is 1. The second-order valence-corrected chi connectivity index (χ2v) is 7.39. The SMILES string of the molecule is Cc1ccc(C(=S)N2CCN(c3cccc4c3NC(=O)CC4)CC2)cc1. The van der Waals surface area contributed by atoms with Crippen LogP contribution in [-0.2, 0) is 11.2 Å². The van der Waals surface area contributed by atoms with Crippen molar-refractivity contribution in [2.45, 2.75) is 19.8 Å². The minimum atomic E-state index is 0.115. The Morgan fingerprint density at radius 3 is 2.46 bits per heavy atom. The second-order valence-electron chi connectivity index (χ2n) is 7.00. The third kappa shape index (κ3) is 3.31. The molecule has 0 radical (unpaired) electrons. The average molecular weight is 366 g/mol. The summed E-state index contributed by atoms with van der Waals surface area (Å²) < 4.78 is 0. The number of benzene rings is 2. The van der Waals surface area contributed by atoms with E-state index in [1.165, 1.54) is 11.1 Å². The summed E-state index contributed by atoms with van der Waals surface area (Å²) in [6, 6.07) is 14.7. The topological polar surface area (TPSA) is 35.6 Å². The van der Waals surface area contributed by atoms with Gasteiger partial charge in [0.15, 0.2) is 0 Å². The Labute approximate surface area is 159 Å². The third-order valence-electron chi connectivity index (χ3n) is 5.22. The van der Waals surface area contributed by atoms with Crippen LogP contribution in [0.4, 0.5) is 11.4 Å². The van der Waals surface area contributed by atoms with Crippen molar-refractivity contribution in [2.75, 3.05) is 36.4 Å². The molecule has 2 aromatic carbocycles. The van der Waals surface area contributed by atoms with Crippen LogP contribution < -0.4 is 10.2 Å². The van der Waals surface area contributed by atoms with Gasteiger partial charge in [-0.05, 0) is 25.0 Å². The summed E-state index contributed by atoms with van der Waals surface area (Å²) in [4.78, 5) is 17.4. The first-order chi connectivity index (χ1) is 12.6. The molecular weight excluding hydrogens is 342 g/mol. The molecule has 0 aromatic heterocycles. The van der Waals surface area contributed by atoms with Crippen LogP contribution in [0.15, 0.2) is 42.5 Å². The molecule has 1 amide bonds. The number of hydrogen-bond acceptors (Lipinski definition) is 3. The number of nitrogens with zero attached hydrogens (tertiary/aromatic N) is 2. The molecule has 5 heteroatoms. The maximum absolute atomic E-state index is 11.8. The fourth-order valence-corrected chi connectivity index (χ4v) is 4.00. The van der Waals surface area contributed by atoms with Crippen LogP contribution in [0.1, 0.15) is 23.1 Å². The molecule has 1 N–H and O–H groups in total. The maximum atomic E-state index is 11.8. The van der Waals surface area contributed by atoms with E-state index in [0.29, 0.717) is 6.42 Å². The van der Waals surface area contributed by atoms with Gasteiger partial charge in [0.05, 0.1) is 11.4 Å². The van der Waals surface area contributed by atoms with E-state index in [-0.39, 0.29) is 5.91 Å². The largest absolute Gasteiger partial charge is 0.366 e. The highest BCUT2D eigenvalue weighted by Gasteiger charge is 2.24. The molecule has 0 unspecified atom stereocenters. The first kappa shape index (κ1) is 17.0. The van der Waals surface area contributed by atoms with Gasteiger partial charge in [0, 0.05) is 38.2 Å². The molecule has 1 saturated heterocycles. The van der Waals surface area contributed by atoms with Crippen LogP contribution in [0.2, 0.25) is 0 Å². The fraction of sp³-hybridized carbons (Fsp3) is 0.333. The maximum Gasteiger partial charge on any atom is 0.224 e. The molecular formula is C21H23N3OS. The molecule has 0 saturated carbocycles. The average Bonchev–Trinajstić information content (AvgIpc) is 2.68. The summed E-state index contributed by atoms with van der Waals surface area (Å²) in [5.74, 6) is 0.115. The highest BCUT2D eigenvalue weighted by molar-refractivity contribution is 7.80. The molecule has 0 atom stereocenters. The van der Waals surface area contributed by atoms with Crippen molar-refractivity contribution >= 4 is 34.5 Å². The van der Waals surface area contributed by atoms with Gasteiger partial charge in [-0.15, -0.1) is 0 Å². The summed E-state index contributed by atoms with van der Waals surface area (Å²) in [6.45, 7) is 5.68. The van der Waals surface area contributed by atoms with Crippen molar-refractivity contribution in [1.29, 1.82) is 0 Å². The summed E-state index contributed by atoms with van der Waals surface area (Å²) in [7, 11) is 0. The first-order valence-corrected chi connectivity index (χ1v) is 9.55. The molecule has 0 spiro atoms. The minimum absolute atomic E-state index is 0.115. The third-order valence-corrected chi connectivity index (χ3v) is 5.71. The number of fused-ring (bicyclic) bond motifs is 1. The Balaban J connectivity index is 1.47. The lowest BCUT2D eigenvalue weighted by molar-refractivity contribution is -0.116. The quantitative estimate of drug-likeness (QED) is 0.828. The van der Waals surface area contributed by atoms with Crippen LogP contribution in [0.3, 0.4) is 0 Å². The lowest BCUT2D eigenvalue weighted by Crippen LogP contribution is -2.48.